The van der Waals surface area contributed by atoms with E-state index in [0.717, 1.165) is 37.3 Å². The molecule has 2 aromatic heterocycles. The molecule has 29 heavy (non-hydrogen) atoms. The lowest BCUT2D eigenvalue weighted by atomic mass is 10.2. The number of hydrogen-bond donors (Lipinski definition) is 1. The first-order chi connectivity index (χ1) is 14.1. The molecule has 0 aliphatic carbocycles. The van der Waals surface area contributed by atoms with Crippen molar-refractivity contribution >= 4 is 50.3 Å². The molecule has 1 amide bonds. The van der Waals surface area contributed by atoms with E-state index >= 15 is 0 Å². The van der Waals surface area contributed by atoms with E-state index < -0.39 is 0 Å². The fourth-order valence-corrected chi connectivity index (χ4v) is 4.25. The van der Waals surface area contributed by atoms with Crippen LogP contribution in [0.4, 0.5) is 5.69 Å². The molecule has 0 spiro atoms. The van der Waals surface area contributed by atoms with E-state index in [2.05, 4.69) is 48.4 Å². The molecule has 146 valence electrons. The molecule has 0 unspecified atom stereocenters. The first-order valence-electron chi connectivity index (χ1n) is 8.99. The van der Waals surface area contributed by atoms with E-state index in [9.17, 15) is 4.79 Å². The van der Waals surface area contributed by atoms with Gasteiger partial charge in [-0.2, -0.15) is 5.10 Å². The average Bonchev–Trinajstić information content (AvgIpc) is 3.13. The Morgan fingerprint density at radius 3 is 2.79 bits per heavy atom. The van der Waals surface area contributed by atoms with E-state index in [1.165, 1.54) is 18.1 Å². The fraction of sp³-hybridized carbons (Fsp3) is 0.143. The molecular formula is C21H18BrN5OS. The molecule has 2 aromatic carbocycles. The van der Waals surface area contributed by atoms with Gasteiger partial charge in [-0.05, 0) is 46.1 Å². The number of benzene rings is 2. The van der Waals surface area contributed by atoms with Crippen LogP contribution in [-0.2, 0) is 11.3 Å². The number of amides is 1. The molecule has 2 heterocycles. The zero-order chi connectivity index (χ0) is 20.2. The summed E-state index contributed by atoms with van der Waals surface area (Å²) in [6.07, 6.45) is 3.28. The number of hydrogen-bond acceptors (Lipinski definition) is 5. The van der Waals surface area contributed by atoms with Crippen LogP contribution in [0.5, 0.6) is 0 Å². The zero-order valence-electron chi connectivity index (χ0n) is 15.7. The topological polar surface area (TPSA) is 72.7 Å². The summed E-state index contributed by atoms with van der Waals surface area (Å²) in [5, 5.41) is 8.97. The number of carbonyl (C=O) groups excluding carboxylic acids is 1. The second-order valence-corrected chi connectivity index (χ2v) is 8.34. The van der Waals surface area contributed by atoms with Crippen LogP contribution in [0.3, 0.4) is 0 Å². The van der Waals surface area contributed by atoms with Crippen molar-refractivity contribution in [2.45, 2.75) is 18.5 Å². The van der Waals surface area contributed by atoms with Gasteiger partial charge in [0.05, 0.1) is 29.6 Å². The van der Waals surface area contributed by atoms with Crippen LogP contribution in [0, 0.1) is 6.92 Å². The normalized spacial score (nSPS) is 11.0. The zero-order valence-corrected chi connectivity index (χ0v) is 18.1. The van der Waals surface area contributed by atoms with E-state index in [1.807, 2.05) is 48.0 Å². The van der Waals surface area contributed by atoms with Crippen molar-refractivity contribution in [3.05, 3.63) is 76.7 Å². The van der Waals surface area contributed by atoms with Gasteiger partial charge in [0.25, 0.3) is 0 Å². The average molecular weight is 468 g/mol. The smallest absolute Gasteiger partial charge is 0.234 e. The maximum atomic E-state index is 12.4. The lowest BCUT2D eigenvalue weighted by Gasteiger charge is -2.08. The lowest BCUT2D eigenvalue weighted by molar-refractivity contribution is -0.113. The second-order valence-electron chi connectivity index (χ2n) is 6.52. The molecule has 0 aliphatic heterocycles. The highest BCUT2D eigenvalue weighted by Gasteiger charge is 2.13. The Labute approximate surface area is 180 Å². The third-order valence-corrected chi connectivity index (χ3v) is 5.97. The first kappa shape index (κ1) is 19.6. The van der Waals surface area contributed by atoms with Crippen LogP contribution in [0.25, 0.3) is 11.0 Å². The molecule has 0 atom stereocenters. The third kappa shape index (κ3) is 4.65. The highest BCUT2D eigenvalue weighted by molar-refractivity contribution is 9.10. The van der Waals surface area contributed by atoms with Crippen molar-refractivity contribution in [3.8, 4) is 0 Å². The SMILES string of the molecule is Cc1ccc(NC(=O)CSc2ncnc3c2cnn3Cc2ccccc2)c(Br)c1. The van der Waals surface area contributed by atoms with E-state index in [4.69, 9.17) is 0 Å². The number of aryl methyl sites for hydroxylation is 1. The predicted molar refractivity (Wildman–Crippen MR) is 119 cm³/mol. The molecular weight excluding hydrogens is 450 g/mol. The van der Waals surface area contributed by atoms with Gasteiger partial charge in [-0.1, -0.05) is 48.2 Å². The lowest BCUT2D eigenvalue weighted by Crippen LogP contribution is -2.14. The summed E-state index contributed by atoms with van der Waals surface area (Å²) in [4.78, 5) is 21.1. The molecule has 8 heteroatoms. The van der Waals surface area contributed by atoms with Gasteiger partial charge < -0.3 is 5.32 Å². The number of halogens is 1. The van der Waals surface area contributed by atoms with Gasteiger partial charge in [-0.25, -0.2) is 14.6 Å². The molecule has 4 aromatic rings. The Morgan fingerprint density at radius 2 is 2.00 bits per heavy atom. The molecule has 0 saturated carbocycles. The number of fused-ring (bicyclic) bond motifs is 1. The molecule has 0 saturated heterocycles. The maximum absolute atomic E-state index is 12.4. The van der Waals surface area contributed by atoms with Crippen LogP contribution in [0.15, 0.2) is 70.6 Å². The van der Waals surface area contributed by atoms with Crippen molar-refractivity contribution in [1.82, 2.24) is 19.7 Å². The summed E-state index contributed by atoms with van der Waals surface area (Å²) in [7, 11) is 0. The number of carbonyl (C=O) groups is 1. The molecule has 6 nitrogen and oxygen atoms in total. The number of nitrogens with zero attached hydrogens (tertiary/aromatic N) is 4. The monoisotopic (exact) mass is 467 g/mol. The summed E-state index contributed by atoms with van der Waals surface area (Å²) in [5.74, 6) is 0.152. The highest BCUT2D eigenvalue weighted by atomic mass is 79.9. The maximum Gasteiger partial charge on any atom is 0.234 e. The van der Waals surface area contributed by atoms with Crippen molar-refractivity contribution in [2.75, 3.05) is 11.1 Å². The largest absolute Gasteiger partial charge is 0.324 e. The number of anilines is 1. The highest BCUT2D eigenvalue weighted by Crippen LogP contribution is 2.26. The standard InChI is InChI=1S/C21H18BrN5OS/c1-14-7-8-18(17(22)9-14)26-19(28)12-29-21-16-10-25-27(20(16)23-13-24-21)11-15-5-3-2-4-6-15/h2-10,13H,11-12H2,1H3,(H,26,28). The Balaban J connectivity index is 1.46. The minimum atomic E-state index is -0.0945. The molecule has 0 fully saturated rings. The summed E-state index contributed by atoms with van der Waals surface area (Å²) in [6.45, 7) is 2.64. The number of rotatable bonds is 6. The molecule has 0 radical (unpaired) electrons. The number of aromatic nitrogens is 4. The fourth-order valence-electron chi connectivity index (χ4n) is 2.90. The van der Waals surface area contributed by atoms with Gasteiger partial charge in [0.2, 0.25) is 5.91 Å². The molecule has 0 bridgehead atoms. The minimum Gasteiger partial charge on any atom is -0.324 e. The molecule has 0 aliphatic rings. The molecule has 4 rings (SSSR count). The van der Waals surface area contributed by atoms with Gasteiger partial charge >= 0.3 is 0 Å². The number of nitrogens with one attached hydrogen (secondary N) is 1. The van der Waals surface area contributed by atoms with E-state index in [-0.39, 0.29) is 11.7 Å². The van der Waals surface area contributed by atoms with Crippen LogP contribution in [0.2, 0.25) is 0 Å². The Hall–Kier alpha value is -2.71. The van der Waals surface area contributed by atoms with Gasteiger partial charge in [0.15, 0.2) is 5.65 Å². The Bertz CT molecular complexity index is 1160. The van der Waals surface area contributed by atoms with Crippen molar-refractivity contribution in [2.24, 2.45) is 0 Å². The van der Waals surface area contributed by atoms with Crippen LogP contribution in [0.1, 0.15) is 11.1 Å². The van der Waals surface area contributed by atoms with Gasteiger partial charge in [-0.3, -0.25) is 4.79 Å². The predicted octanol–water partition coefficient (Wildman–Crippen LogP) is 4.68. The van der Waals surface area contributed by atoms with Gasteiger partial charge in [0, 0.05) is 4.47 Å². The van der Waals surface area contributed by atoms with Crippen LogP contribution in [-0.4, -0.2) is 31.4 Å². The van der Waals surface area contributed by atoms with Crippen molar-refractivity contribution in [3.63, 3.8) is 0 Å². The summed E-state index contributed by atoms with van der Waals surface area (Å²) in [5.41, 5.74) is 3.78. The number of thioether (sulfide) groups is 1. The van der Waals surface area contributed by atoms with Gasteiger partial charge in [0.1, 0.15) is 11.4 Å². The van der Waals surface area contributed by atoms with Crippen molar-refractivity contribution in [1.29, 1.82) is 0 Å². The van der Waals surface area contributed by atoms with E-state index in [0.29, 0.717) is 6.54 Å². The minimum absolute atomic E-state index is 0.0945. The van der Waals surface area contributed by atoms with E-state index in [1.54, 1.807) is 6.20 Å². The second kappa shape index (κ2) is 8.75. The van der Waals surface area contributed by atoms with Crippen LogP contribution >= 0.6 is 27.7 Å². The Morgan fingerprint density at radius 1 is 1.17 bits per heavy atom. The first-order valence-corrected chi connectivity index (χ1v) is 10.8. The van der Waals surface area contributed by atoms with Gasteiger partial charge in [-0.15, -0.1) is 0 Å². The summed E-state index contributed by atoms with van der Waals surface area (Å²) < 4.78 is 2.71. The Kier molecular flexibility index (Phi) is 5.92. The quantitative estimate of drug-likeness (QED) is 0.329. The molecule has 1 N–H and O–H groups in total. The van der Waals surface area contributed by atoms with Crippen molar-refractivity contribution < 1.29 is 4.79 Å². The summed E-state index contributed by atoms with van der Waals surface area (Å²) in [6, 6.07) is 15.9. The summed E-state index contributed by atoms with van der Waals surface area (Å²) >= 11 is 4.86. The third-order valence-electron chi connectivity index (χ3n) is 4.31. The van der Waals surface area contributed by atoms with Crippen LogP contribution < -0.4 is 5.32 Å².